The first kappa shape index (κ1) is 12.2. The Hall–Kier alpha value is -1.30. The van der Waals surface area contributed by atoms with Crippen LogP contribution in [0.25, 0.3) is 0 Å². The standard InChI is InChI=1S/C11H18N2O4/c1-8(10(14)15)9-6-13(7-9)11(16)12-2-4-17-5-3-12/h8-9H,2-7H2,1H3,(H,14,15). The maximum absolute atomic E-state index is 12.0. The smallest absolute Gasteiger partial charge is 0.320 e. The van der Waals surface area contributed by atoms with E-state index in [1.807, 2.05) is 0 Å². The molecule has 6 heteroatoms. The van der Waals surface area contributed by atoms with E-state index in [9.17, 15) is 9.59 Å². The van der Waals surface area contributed by atoms with E-state index < -0.39 is 5.97 Å². The molecule has 2 heterocycles. The number of hydrogen-bond donors (Lipinski definition) is 1. The number of likely N-dealkylation sites (tertiary alicyclic amines) is 1. The molecule has 0 aliphatic carbocycles. The van der Waals surface area contributed by atoms with Crippen molar-refractivity contribution in [2.24, 2.45) is 11.8 Å². The van der Waals surface area contributed by atoms with Crippen LogP contribution in [0.1, 0.15) is 6.92 Å². The molecule has 6 nitrogen and oxygen atoms in total. The van der Waals surface area contributed by atoms with Crippen LogP contribution >= 0.6 is 0 Å². The Morgan fingerprint density at radius 2 is 1.82 bits per heavy atom. The number of carboxylic acids is 1. The van der Waals surface area contributed by atoms with Crippen molar-refractivity contribution in [1.82, 2.24) is 9.80 Å². The van der Waals surface area contributed by atoms with E-state index in [0.717, 1.165) is 0 Å². The van der Waals surface area contributed by atoms with E-state index in [2.05, 4.69) is 0 Å². The molecule has 2 aliphatic heterocycles. The summed E-state index contributed by atoms with van der Waals surface area (Å²) in [6.45, 7) is 5.27. The van der Waals surface area contributed by atoms with Gasteiger partial charge in [0.2, 0.25) is 0 Å². The number of hydrogen-bond acceptors (Lipinski definition) is 3. The number of nitrogens with zero attached hydrogens (tertiary/aromatic N) is 2. The summed E-state index contributed by atoms with van der Waals surface area (Å²) in [6, 6.07) is 0.0159. The van der Waals surface area contributed by atoms with Crippen LogP contribution in [-0.4, -0.2) is 66.3 Å². The largest absolute Gasteiger partial charge is 0.481 e. The third-order valence-electron chi connectivity index (χ3n) is 3.56. The van der Waals surface area contributed by atoms with Crippen molar-refractivity contribution in [3.05, 3.63) is 0 Å². The molecule has 17 heavy (non-hydrogen) atoms. The summed E-state index contributed by atoms with van der Waals surface area (Å²) in [5.41, 5.74) is 0. The average Bonchev–Trinajstić information content (AvgIpc) is 2.27. The van der Waals surface area contributed by atoms with Crippen LogP contribution in [0.15, 0.2) is 0 Å². The molecular weight excluding hydrogens is 224 g/mol. The van der Waals surface area contributed by atoms with Gasteiger partial charge < -0.3 is 19.6 Å². The maximum Gasteiger partial charge on any atom is 0.320 e. The van der Waals surface area contributed by atoms with Crippen molar-refractivity contribution in [3.8, 4) is 0 Å². The number of urea groups is 1. The van der Waals surface area contributed by atoms with Crippen LogP contribution in [0.2, 0.25) is 0 Å². The average molecular weight is 242 g/mol. The minimum atomic E-state index is -0.784. The van der Waals surface area contributed by atoms with Crippen LogP contribution in [0.4, 0.5) is 4.79 Å². The van der Waals surface area contributed by atoms with Crippen molar-refractivity contribution < 1.29 is 19.4 Å². The van der Waals surface area contributed by atoms with Crippen LogP contribution in [-0.2, 0) is 9.53 Å². The van der Waals surface area contributed by atoms with E-state index in [-0.39, 0.29) is 17.9 Å². The van der Waals surface area contributed by atoms with E-state index >= 15 is 0 Å². The quantitative estimate of drug-likeness (QED) is 0.745. The first-order chi connectivity index (χ1) is 8.09. The summed E-state index contributed by atoms with van der Waals surface area (Å²) in [7, 11) is 0. The van der Waals surface area contributed by atoms with Gasteiger partial charge in [-0.1, -0.05) is 6.92 Å². The molecule has 2 saturated heterocycles. The summed E-state index contributed by atoms with van der Waals surface area (Å²) < 4.78 is 5.18. The summed E-state index contributed by atoms with van der Waals surface area (Å²) >= 11 is 0. The zero-order chi connectivity index (χ0) is 12.4. The van der Waals surface area contributed by atoms with Gasteiger partial charge >= 0.3 is 12.0 Å². The highest BCUT2D eigenvalue weighted by Crippen LogP contribution is 2.25. The molecule has 0 saturated carbocycles. The SMILES string of the molecule is CC(C(=O)O)C1CN(C(=O)N2CCOCC2)C1. The van der Waals surface area contributed by atoms with Crippen molar-refractivity contribution in [2.75, 3.05) is 39.4 Å². The van der Waals surface area contributed by atoms with Gasteiger partial charge in [-0.25, -0.2) is 4.79 Å². The van der Waals surface area contributed by atoms with Crippen molar-refractivity contribution in [3.63, 3.8) is 0 Å². The van der Waals surface area contributed by atoms with Crippen LogP contribution < -0.4 is 0 Å². The Morgan fingerprint density at radius 1 is 1.24 bits per heavy atom. The monoisotopic (exact) mass is 242 g/mol. The lowest BCUT2D eigenvalue weighted by molar-refractivity contribution is -0.145. The number of aliphatic carboxylic acids is 1. The van der Waals surface area contributed by atoms with Crippen molar-refractivity contribution in [2.45, 2.75) is 6.92 Å². The zero-order valence-corrected chi connectivity index (χ0v) is 9.96. The highest BCUT2D eigenvalue weighted by molar-refractivity contribution is 5.76. The fourth-order valence-electron chi connectivity index (χ4n) is 2.14. The molecule has 0 aromatic carbocycles. The third-order valence-corrected chi connectivity index (χ3v) is 3.56. The topological polar surface area (TPSA) is 70.1 Å². The van der Waals surface area contributed by atoms with Gasteiger partial charge in [0.05, 0.1) is 19.1 Å². The van der Waals surface area contributed by atoms with Gasteiger partial charge in [0, 0.05) is 32.1 Å². The zero-order valence-electron chi connectivity index (χ0n) is 9.96. The summed E-state index contributed by atoms with van der Waals surface area (Å²) in [6.07, 6.45) is 0. The molecule has 96 valence electrons. The second-order valence-electron chi connectivity index (χ2n) is 4.67. The predicted octanol–water partition coefficient (Wildman–Crippen LogP) is 0.0911. The Labute approximate surface area is 100 Å². The van der Waals surface area contributed by atoms with Gasteiger partial charge in [-0.2, -0.15) is 0 Å². The molecule has 2 fully saturated rings. The molecule has 2 aliphatic rings. The Morgan fingerprint density at radius 3 is 2.35 bits per heavy atom. The number of ether oxygens (including phenoxy) is 1. The molecule has 0 radical (unpaired) electrons. The number of morpholine rings is 1. The Kier molecular flexibility index (Phi) is 3.51. The molecule has 0 aromatic rings. The number of carboxylic acid groups (broad SMARTS) is 1. The van der Waals surface area contributed by atoms with Crippen molar-refractivity contribution in [1.29, 1.82) is 0 Å². The molecule has 0 aromatic heterocycles. The first-order valence-corrected chi connectivity index (χ1v) is 5.94. The second-order valence-corrected chi connectivity index (χ2v) is 4.67. The number of carbonyl (C=O) groups is 2. The molecule has 0 bridgehead atoms. The summed E-state index contributed by atoms with van der Waals surface area (Å²) in [5, 5.41) is 8.86. The Bertz CT molecular complexity index is 309. The van der Waals surface area contributed by atoms with E-state index in [1.165, 1.54) is 0 Å². The molecule has 1 unspecified atom stereocenters. The minimum absolute atomic E-state index is 0.0159. The van der Waals surface area contributed by atoms with E-state index in [4.69, 9.17) is 9.84 Å². The fraction of sp³-hybridized carbons (Fsp3) is 0.818. The fourth-order valence-corrected chi connectivity index (χ4v) is 2.14. The third kappa shape index (κ3) is 2.52. The molecular formula is C11H18N2O4. The van der Waals surface area contributed by atoms with E-state index in [0.29, 0.717) is 39.4 Å². The van der Waals surface area contributed by atoms with Crippen molar-refractivity contribution >= 4 is 12.0 Å². The minimum Gasteiger partial charge on any atom is -0.481 e. The van der Waals surface area contributed by atoms with Crippen LogP contribution in [0.5, 0.6) is 0 Å². The predicted molar refractivity (Wildman–Crippen MR) is 59.7 cm³/mol. The van der Waals surface area contributed by atoms with Crippen LogP contribution in [0, 0.1) is 11.8 Å². The molecule has 0 spiro atoms. The number of amides is 2. The number of rotatable bonds is 2. The normalized spacial score (nSPS) is 23.1. The highest BCUT2D eigenvalue weighted by atomic mass is 16.5. The molecule has 1 atom stereocenters. The van der Waals surface area contributed by atoms with Gasteiger partial charge in [0.25, 0.3) is 0 Å². The molecule has 1 N–H and O–H groups in total. The van der Waals surface area contributed by atoms with E-state index in [1.54, 1.807) is 16.7 Å². The van der Waals surface area contributed by atoms with Gasteiger partial charge in [-0.3, -0.25) is 4.79 Å². The Balaban J connectivity index is 1.78. The number of carbonyl (C=O) groups excluding carboxylic acids is 1. The van der Waals surface area contributed by atoms with Crippen LogP contribution in [0.3, 0.4) is 0 Å². The van der Waals surface area contributed by atoms with Gasteiger partial charge in [-0.05, 0) is 0 Å². The van der Waals surface area contributed by atoms with Gasteiger partial charge in [0.1, 0.15) is 0 Å². The van der Waals surface area contributed by atoms with Gasteiger partial charge in [0.15, 0.2) is 0 Å². The second kappa shape index (κ2) is 4.91. The highest BCUT2D eigenvalue weighted by Gasteiger charge is 2.38. The maximum atomic E-state index is 12.0. The lowest BCUT2D eigenvalue weighted by Gasteiger charge is -2.44. The summed E-state index contributed by atoms with van der Waals surface area (Å²) in [4.78, 5) is 26.2. The van der Waals surface area contributed by atoms with Gasteiger partial charge in [-0.15, -0.1) is 0 Å². The molecule has 2 rings (SSSR count). The lowest BCUT2D eigenvalue weighted by atomic mass is 9.87. The molecule has 2 amide bonds. The lowest BCUT2D eigenvalue weighted by Crippen LogP contribution is -2.58. The summed E-state index contributed by atoms with van der Waals surface area (Å²) in [5.74, 6) is -1.06. The first-order valence-electron chi connectivity index (χ1n) is 5.94.